The third-order valence-corrected chi connectivity index (χ3v) is 5.94. The molecule has 0 radical (unpaired) electrons. The molecule has 0 bridgehead atoms. The molecule has 32 heavy (non-hydrogen) atoms. The number of fused-ring (bicyclic) bond motifs is 1. The molecule has 0 amide bonds. The van der Waals surface area contributed by atoms with Gasteiger partial charge < -0.3 is 19.6 Å². The molecule has 8 heteroatoms. The summed E-state index contributed by atoms with van der Waals surface area (Å²) in [6.07, 6.45) is 1.56. The molecule has 3 heterocycles. The van der Waals surface area contributed by atoms with Gasteiger partial charge in [-0.15, -0.1) is 0 Å². The second-order valence-electron chi connectivity index (χ2n) is 7.86. The summed E-state index contributed by atoms with van der Waals surface area (Å²) in [4.78, 5) is 9.46. The number of pyridine rings is 1. The Labute approximate surface area is 190 Å². The summed E-state index contributed by atoms with van der Waals surface area (Å²) in [5.41, 5.74) is 3.71. The number of aromatic nitrogens is 2. The highest BCUT2D eigenvalue weighted by Gasteiger charge is 2.21. The van der Waals surface area contributed by atoms with E-state index in [1.54, 1.807) is 12.3 Å². The van der Waals surface area contributed by atoms with E-state index in [2.05, 4.69) is 32.4 Å². The minimum Gasteiger partial charge on any atom is -0.368 e. The predicted octanol–water partition coefficient (Wildman–Crippen LogP) is 4.63. The van der Waals surface area contributed by atoms with E-state index in [1.165, 1.54) is 12.1 Å². The van der Waals surface area contributed by atoms with Crippen molar-refractivity contribution in [1.82, 2.24) is 15.5 Å². The van der Waals surface area contributed by atoms with Gasteiger partial charge in [-0.25, -0.2) is 9.37 Å². The van der Waals surface area contributed by atoms with Crippen LogP contribution in [0.2, 0.25) is 5.02 Å². The number of hydrogen-bond donors (Lipinski definition) is 1. The molecule has 0 saturated carbocycles. The monoisotopic (exact) mass is 451 g/mol. The lowest BCUT2D eigenvalue weighted by Gasteiger charge is -2.37. The Hall–Kier alpha value is -3.16. The van der Waals surface area contributed by atoms with Gasteiger partial charge in [0.2, 0.25) is 0 Å². The molecule has 164 valence electrons. The molecule has 1 aliphatic rings. The van der Waals surface area contributed by atoms with E-state index in [0.29, 0.717) is 18.6 Å². The van der Waals surface area contributed by atoms with Crippen LogP contribution in [0.25, 0.3) is 10.9 Å². The first kappa shape index (κ1) is 20.7. The van der Waals surface area contributed by atoms with Gasteiger partial charge in [-0.05, 0) is 36.4 Å². The number of anilines is 2. The normalized spacial score (nSPS) is 14.3. The molecular weight excluding hydrogens is 429 g/mol. The van der Waals surface area contributed by atoms with Crippen LogP contribution < -0.4 is 15.1 Å². The maximum absolute atomic E-state index is 13.8. The van der Waals surface area contributed by atoms with Gasteiger partial charge in [0.05, 0.1) is 11.2 Å². The first-order valence-electron chi connectivity index (χ1n) is 10.6. The largest absolute Gasteiger partial charge is 0.368 e. The first-order valence-corrected chi connectivity index (χ1v) is 11.0. The van der Waals surface area contributed by atoms with Crippen LogP contribution >= 0.6 is 11.6 Å². The van der Waals surface area contributed by atoms with Gasteiger partial charge in [0.15, 0.2) is 0 Å². The van der Waals surface area contributed by atoms with Crippen molar-refractivity contribution in [2.45, 2.75) is 13.1 Å². The number of hydrogen-bond acceptors (Lipinski definition) is 6. The van der Waals surface area contributed by atoms with Gasteiger partial charge in [0.25, 0.3) is 0 Å². The molecule has 1 N–H and O–H groups in total. The summed E-state index contributed by atoms with van der Waals surface area (Å²) in [6.45, 7) is 4.56. The van der Waals surface area contributed by atoms with Crippen molar-refractivity contribution in [3.8, 4) is 0 Å². The lowest BCUT2D eigenvalue weighted by atomic mass is 10.1. The fourth-order valence-electron chi connectivity index (χ4n) is 4.08. The van der Waals surface area contributed by atoms with Crippen LogP contribution in [0.4, 0.5) is 15.9 Å². The number of rotatable bonds is 6. The summed E-state index contributed by atoms with van der Waals surface area (Å²) in [5, 5.41) is 9.02. The quantitative estimate of drug-likeness (QED) is 0.461. The molecule has 0 spiro atoms. The number of halogens is 2. The van der Waals surface area contributed by atoms with Crippen LogP contribution in [0.15, 0.2) is 65.4 Å². The molecule has 4 aromatic rings. The second kappa shape index (κ2) is 9.14. The number of piperazine rings is 1. The van der Waals surface area contributed by atoms with Crippen molar-refractivity contribution in [2.75, 3.05) is 36.0 Å². The Morgan fingerprint density at radius 2 is 1.81 bits per heavy atom. The predicted molar refractivity (Wildman–Crippen MR) is 125 cm³/mol. The first-order chi connectivity index (χ1) is 15.7. The molecule has 5 rings (SSSR count). The molecule has 1 saturated heterocycles. The Morgan fingerprint density at radius 1 is 0.969 bits per heavy atom. The topological polar surface area (TPSA) is 57.4 Å². The highest BCUT2D eigenvalue weighted by molar-refractivity contribution is 6.30. The standard InChI is InChI=1S/C24H23ClFN5O/c25-19-2-1-3-22(13-19)30-7-9-31(10-8-30)24-18(15-27-16-21-6-11-32-29-21)12-17-4-5-20(26)14-23(17)28-24/h1-6,11-14,27H,7-10,15-16H2. The fraction of sp³-hybridized carbons (Fsp3) is 0.250. The molecule has 0 aliphatic carbocycles. The van der Waals surface area contributed by atoms with E-state index in [0.717, 1.165) is 59.4 Å². The Kier molecular flexibility index (Phi) is 5.92. The molecule has 0 unspecified atom stereocenters. The highest BCUT2D eigenvalue weighted by Crippen LogP contribution is 2.27. The van der Waals surface area contributed by atoms with E-state index in [4.69, 9.17) is 21.1 Å². The highest BCUT2D eigenvalue weighted by atomic mass is 35.5. The van der Waals surface area contributed by atoms with Crippen molar-refractivity contribution < 1.29 is 8.91 Å². The van der Waals surface area contributed by atoms with Crippen molar-refractivity contribution >= 4 is 34.0 Å². The average Bonchev–Trinajstić information content (AvgIpc) is 3.32. The summed E-state index contributed by atoms with van der Waals surface area (Å²) in [7, 11) is 0. The van der Waals surface area contributed by atoms with Crippen LogP contribution in [0, 0.1) is 5.82 Å². The summed E-state index contributed by atoms with van der Waals surface area (Å²) < 4.78 is 18.7. The maximum atomic E-state index is 13.8. The minimum atomic E-state index is -0.279. The third-order valence-electron chi connectivity index (χ3n) is 5.70. The summed E-state index contributed by atoms with van der Waals surface area (Å²) in [6, 6.07) is 16.6. The maximum Gasteiger partial charge on any atom is 0.133 e. The van der Waals surface area contributed by atoms with E-state index in [-0.39, 0.29) is 5.82 Å². The van der Waals surface area contributed by atoms with Crippen molar-refractivity contribution in [3.63, 3.8) is 0 Å². The molecule has 1 aliphatic heterocycles. The smallest absolute Gasteiger partial charge is 0.133 e. The van der Waals surface area contributed by atoms with Gasteiger partial charge in [0.1, 0.15) is 17.9 Å². The zero-order valence-corrected chi connectivity index (χ0v) is 18.2. The molecule has 2 aromatic heterocycles. The van der Waals surface area contributed by atoms with E-state index in [1.807, 2.05) is 24.3 Å². The average molecular weight is 452 g/mol. The zero-order chi connectivity index (χ0) is 21.9. The van der Waals surface area contributed by atoms with Crippen molar-refractivity contribution in [3.05, 3.63) is 83.0 Å². The lowest BCUT2D eigenvalue weighted by Crippen LogP contribution is -2.47. The van der Waals surface area contributed by atoms with E-state index >= 15 is 0 Å². The van der Waals surface area contributed by atoms with Crippen LogP contribution in [0.1, 0.15) is 11.3 Å². The van der Waals surface area contributed by atoms with Gasteiger partial charge in [-0.1, -0.05) is 22.8 Å². The van der Waals surface area contributed by atoms with E-state index in [9.17, 15) is 4.39 Å². The van der Waals surface area contributed by atoms with E-state index < -0.39 is 0 Å². The SMILES string of the molecule is Fc1ccc2cc(CNCc3ccon3)c(N3CCN(c4cccc(Cl)c4)CC3)nc2c1. The summed E-state index contributed by atoms with van der Waals surface area (Å²) >= 11 is 6.17. The summed E-state index contributed by atoms with van der Waals surface area (Å²) in [5.74, 6) is 0.611. The molecular formula is C24H23ClFN5O. The van der Waals surface area contributed by atoms with Gasteiger partial charge in [-0.3, -0.25) is 0 Å². The van der Waals surface area contributed by atoms with Crippen LogP contribution in [0.5, 0.6) is 0 Å². The van der Waals surface area contributed by atoms with Gasteiger partial charge >= 0.3 is 0 Å². The van der Waals surface area contributed by atoms with Crippen LogP contribution in [-0.4, -0.2) is 36.3 Å². The van der Waals surface area contributed by atoms with Crippen molar-refractivity contribution in [2.24, 2.45) is 0 Å². The Morgan fingerprint density at radius 3 is 2.59 bits per heavy atom. The van der Waals surface area contributed by atoms with Crippen molar-refractivity contribution in [1.29, 1.82) is 0 Å². The zero-order valence-electron chi connectivity index (χ0n) is 17.5. The van der Waals surface area contributed by atoms with Crippen LogP contribution in [-0.2, 0) is 13.1 Å². The number of benzene rings is 2. The number of nitrogens with one attached hydrogen (secondary N) is 1. The van der Waals surface area contributed by atoms with Gasteiger partial charge in [0, 0.05) is 73.1 Å². The van der Waals surface area contributed by atoms with Crippen LogP contribution in [0.3, 0.4) is 0 Å². The number of nitrogens with zero attached hydrogens (tertiary/aromatic N) is 4. The minimum absolute atomic E-state index is 0.279. The lowest BCUT2D eigenvalue weighted by molar-refractivity contribution is 0.408. The Balaban J connectivity index is 1.37. The second-order valence-corrected chi connectivity index (χ2v) is 8.29. The van der Waals surface area contributed by atoms with Gasteiger partial charge in [-0.2, -0.15) is 0 Å². The molecule has 6 nitrogen and oxygen atoms in total. The molecule has 0 atom stereocenters. The Bertz CT molecular complexity index is 1210. The molecule has 1 fully saturated rings. The third kappa shape index (κ3) is 4.54. The molecule has 2 aromatic carbocycles. The fourth-order valence-corrected chi connectivity index (χ4v) is 4.27.